The van der Waals surface area contributed by atoms with E-state index in [1.165, 1.54) is 4.90 Å². The van der Waals surface area contributed by atoms with Gasteiger partial charge in [0.15, 0.2) is 6.29 Å². The van der Waals surface area contributed by atoms with E-state index < -0.39 is 23.4 Å². The predicted molar refractivity (Wildman–Crippen MR) is 114 cm³/mol. The van der Waals surface area contributed by atoms with Gasteiger partial charge in [-0.15, -0.1) is 0 Å². The molecule has 32 heavy (non-hydrogen) atoms. The number of carbonyl (C=O) groups is 3. The maximum Gasteiger partial charge on any atom is 0.362 e. The molecule has 2 atom stereocenters. The molecule has 2 heterocycles. The van der Waals surface area contributed by atoms with Crippen molar-refractivity contribution in [2.24, 2.45) is 0 Å². The Labute approximate surface area is 186 Å². The number of rotatable bonds is 6. The molecule has 0 bridgehead atoms. The quantitative estimate of drug-likeness (QED) is 0.639. The van der Waals surface area contributed by atoms with E-state index in [0.29, 0.717) is 23.0 Å². The molecule has 2 aromatic carbocycles. The molecule has 2 fully saturated rings. The van der Waals surface area contributed by atoms with Crippen LogP contribution in [0, 0.1) is 0 Å². The normalized spacial score (nSPS) is 23.4. The van der Waals surface area contributed by atoms with E-state index in [1.54, 1.807) is 31.2 Å². The van der Waals surface area contributed by atoms with E-state index in [-0.39, 0.29) is 12.8 Å². The van der Waals surface area contributed by atoms with Crippen molar-refractivity contribution in [2.75, 3.05) is 6.61 Å². The summed E-state index contributed by atoms with van der Waals surface area (Å²) in [4.78, 5) is 44.3. The van der Waals surface area contributed by atoms with E-state index in [9.17, 15) is 14.4 Å². The second kappa shape index (κ2) is 9.00. The molecule has 2 saturated heterocycles. The van der Waals surface area contributed by atoms with Crippen molar-refractivity contribution in [1.82, 2.24) is 9.96 Å². The van der Waals surface area contributed by atoms with Gasteiger partial charge in [0.2, 0.25) is 0 Å². The Hall–Kier alpha value is -3.39. The lowest BCUT2D eigenvalue weighted by Crippen LogP contribution is -2.44. The van der Waals surface area contributed by atoms with Crippen LogP contribution in [0.15, 0.2) is 54.6 Å². The van der Waals surface area contributed by atoms with Gasteiger partial charge in [-0.05, 0) is 43.0 Å². The first kappa shape index (κ1) is 21.8. The fourth-order valence-corrected chi connectivity index (χ4v) is 4.00. The standard InChI is InChI=1S/C24H26N2O6/c1-17(27)32-26-22(28)24(2,25(23(26)29)16-18-8-4-3-5-9-18)19-11-13-20(14-12-19)31-21-10-6-7-15-30-21/h3-5,8-9,11-14,21H,6-7,10,15-16H2,1-2H3. The van der Waals surface area contributed by atoms with E-state index in [2.05, 4.69) is 0 Å². The van der Waals surface area contributed by atoms with Crippen molar-refractivity contribution >= 4 is 17.9 Å². The van der Waals surface area contributed by atoms with Gasteiger partial charge in [0.25, 0.3) is 5.91 Å². The van der Waals surface area contributed by atoms with Gasteiger partial charge in [-0.3, -0.25) is 9.69 Å². The molecule has 2 aliphatic heterocycles. The van der Waals surface area contributed by atoms with E-state index in [0.717, 1.165) is 31.7 Å². The molecular formula is C24H26N2O6. The number of amides is 3. The number of hydroxylamine groups is 2. The van der Waals surface area contributed by atoms with Gasteiger partial charge in [0.05, 0.1) is 6.61 Å². The van der Waals surface area contributed by atoms with Crippen LogP contribution in [-0.4, -0.2) is 40.8 Å². The van der Waals surface area contributed by atoms with Crippen molar-refractivity contribution in [2.45, 2.75) is 51.5 Å². The Kier molecular flexibility index (Phi) is 6.14. The molecule has 2 unspecified atom stereocenters. The van der Waals surface area contributed by atoms with Gasteiger partial charge in [-0.25, -0.2) is 9.59 Å². The molecule has 4 rings (SSSR count). The monoisotopic (exact) mass is 438 g/mol. The van der Waals surface area contributed by atoms with Gasteiger partial charge in [0.1, 0.15) is 11.3 Å². The van der Waals surface area contributed by atoms with Gasteiger partial charge in [-0.1, -0.05) is 47.5 Å². The Bertz CT molecular complexity index is 987. The summed E-state index contributed by atoms with van der Waals surface area (Å²) in [6.07, 6.45) is 2.63. The highest BCUT2D eigenvalue weighted by molar-refractivity contribution is 6.06. The highest BCUT2D eigenvalue weighted by atomic mass is 16.7. The number of hydrogen-bond acceptors (Lipinski definition) is 6. The van der Waals surface area contributed by atoms with Crippen LogP contribution in [0.2, 0.25) is 0 Å². The van der Waals surface area contributed by atoms with Crippen molar-refractivity contribution < 1.29 is 28.7 Å². The zero-order valence-corrected chi connectivity index (χ0v) is 18.2. The molecule has 2 aliphatic rings. The number of ether oxygens (including phenoxy) is 2. The largest absolute Gasteiger partial charge is 0.465 e. The third-order valence-electron chi connectivity index (χ3n) is 5.77. The van der Waals surface area contributed by atoms with E-state index in [4.69, 9.17) is 14.3 Å². The molecule has 168 valence electrons. The van der Waals surface area contributed by atoms with Crippen LogP contribution in [0.5, 0.6) is 5.75 Å². The highest BCUT2D eigenvalue weighted by Crippen LogP contribution is 2.39. The predicted octanol–water partition coefficient (Wildman–Crippen LogP) is 3.75. The summed E-state index contributed by atoms with van der Waals surface area (Å²) in [6.45, 7) is 3.66. The Balaban J connectivity index is 1.63. The summed E-state index contributed by atoms with van der Waals surface area (Å²) >= 11 is 0. The Morgan fingerprint density at radius 2 is 1.81 bits per heavy atom. The molecule has 3 amide bonds. The molecule has 8 nitrogen and oxygen atoms in total. The molecule has 0 saturated carbocycles. The summed E-state index contributed by atoms with van der Waals surface area (Å²) in [5.74, 6) is -0.753. The maximum absolute atomic E-state index is 13.3. The average molecular weight is 438 g/mol. The van der Waals surface area contributed by atoms with Gasteiger partial charge in [-0.2, -0.15) is 0 Å². The summed E-state index contributed by atoms with van der Waals surface area (Å²) < 4.78 is 11.5. The molecule has 0 aromatic heterocycles. The van der Waals surface area contributed by atoms with Crippen LogP contribution >= 0.6 is 0 Å². The van der Waals surface area contributed by atoms with Gasteiger partial charge in [0, 0.05) is 19.9 Å². The van der Waals surface area contributed by atoms with Crippen LogP contribution in [-0.2, 0) is 31.2 Å². The Morgan fingerprint density at radius 1 is 1.09 bits per heavy atom. The topological polar surface area (TPSA) is 85.4 Å². The van der Waals surface area contributed by atoms with Crippen LogP contribution < -0.4 is 4.74 Å². The lowest BCUT2D eigenvalue weighted by Gasteiger charge is -2.32. The van der Waals surface area contributed by atoms with E-state index in [1.807, 2.05) is 30.3 Å². The lowest BCUT2D eigenvalue weighted by atomic mass is 9.90. The number of imide groups is 1. The molecule has 2 aromatic rings. The SMILES string of the molecule is CC(=O)ON1C(=O)N(Cc2ccccc2)C(C)(c2ccc(OC3CCCCO3)cc2)C1=O. The summed E-state index contributed by atoms with van der Waals surface area (Å²) in [6, 6.07) is 15.7. The average Bonchev–Trinajstić information content (AvgIpc) is 2.97. The fourth-order valence-electron chi connectivity index (χ4n) is 4.00. The lowest BCUT2D eigenvalue weighted by molar-refractivity contribution is -0.182. The number of urea groups is 1. The second-order valence-corrected chi connectivity index (χ2v) is 8.05. The van der Waals surface area contributed by atoms with Crippen LogP contribution in [0.3, 0.4) is 0 Å². The van der Waals surface area contributed by atoms with Gasteiger partial charge < -0.3 is 14.3 Å². The molecule has 0 N–H and O–H groups in total. The molecule has 0 aliphatic carbocycles. The first-order valence-electron chi connectivity index (χ1n) is 10.7. The maximum atomic E-state index is 13.3. The van der Waals surface area contributed by atoms with Crippen molar-refractivity contribution in [3.63, 3.8) is 0 Å². The number of carbonyl (C=O) groups excluding carboxylic acids is 3. The van der Waals surface area contributed by atoms with Crippen molar-refractivity contribution in [3.8, 4) is 5.75 Å². The molecule has 8 heteroatoms. The second-order valence-electron chi connectivity index (χ2n) is 8.05. The molecule has 0 spiro atoms. The smallest absolute Gasteiger partial charge is 0.362 e. The number of nitrogens with zero attached hydrogens (tertiary/aromatic N) is 2. The first-order chi connectivity index (χ1) is 15.4. The molecular weight excluding hydrogens is 412 g/mol. The Morgan fingerprint density at radius 3 is 2.44 bits per heavy atom. The fraction of sp³-hybridized carbons (Fsp3) is 0.375. The minimum absolute atomic E-state index is 0.174. The van der Waals surface area contributed by atoms with Crippen molar-refractivity contribution in [3.05, 3.63) is 65.7 Å². The summed E-state index contributed by atoms with van der Waals surface area (Å²) in [5, 5.41) is 0.547. The number of benzene rings is 2. The third-order valence-corrected chi connectivity index (χ3v) is 5.77. The third kappa shape index (κ3) is 4.18. The minimum Gasteiger partial charge on any atom is -0.465 e. The van der Waals surface area contributed by atoms with E-state index >= 15 is 0 Å². The zero-order chi connectivity index (χ0) is 22.7. The minimum atomic E-state index is -1.36. The highest BCUT2D eigenvalue weighted by Gasteiger charge is 2.57. The van der Waals surface area contributed by atoms with Crippen LogP contribution in [0.25, 0.3) is 0 Å². The molecule has 0 radical (unpaired) electrons. The number of hydrogen-bond donors (Lipinski definition) is 0. The zero-order valence-electron chi connectivity index (χ0n) is 18.2. The summed E-state index contributed by atoms with van der Waals surface area (Å²) in [7, 11) is 0. The van der Waals surface area contributed by atoms with Crippen molar-refractivity contribution in [1.29, 1.82) is 0 Å². The first-order valence-corrected chi connectivity index (χ1v) is 10.7. The summed E-state index contributed by atoms with van der Waals surface area (Å²) in [5.41, 5.74) is 0.0692. The van der Waals surface area contributed by atoms with Crippen LogP contribution in [0.4, 0.5) is 4.79 Å². The van der Waals surface area contributed by atoms with Crippen LogP contribution in [0.1, 0.15) is 44.2 Å². The van der Waals surface area contributed by atoms with Gasteiger partial charge >= 0.3 is 12.0 Å².